The summed E-state index contributed by atoms with van der Waals surface area (Å²) in [7, 11) is 0. The lowest BCUT2D eigenvalue weighted by molar-refractivity contribution is -0.121. The average Bonchev–Trinajstić information content (AvgIpc) is 2.86. The smallest absolute Gasteiger partial charge is 0.338 e. The van der Waals surface area contributed by atoms with Crippen LogP contribution in [0.15, 0.2) is 34.3 Å². The highest BCUT2D eigenvalue weighted by atomic mass is 32.2. The molecule has 132 valence electrons. The molecule has 0 saturated heterocycles. The van der Waals surface area contributed by atoms with Gasteiger partial charge >= 0.3 is 5.97 Å². The molecule has 1 aromatic carbocycles. The summed E-state index contributed by atoms with van der Waals surface area (Å²) in [5, 5.41) is 2.12. The molecule has 1 atom stereocenters. The number of rotatable bonds is 5. The van der Waals surface area contributed by atoms with Gasteiger partial charge in [-0.3, -0.25) is 9.59 Å². The summed E-state index contributed by atoms with van der Waals surface area (Å²) < 4.78 is 4.88. The SMILES string of the molecule is CCOC(=O)c1ccc(NC(=O)C[C@@H]2SC(N=C(N)N)=NC2=O)cc1. The van der Waals surface area contributed by atoms with Crippen LogP contribution >= 0.6 is 11.8 Å². The molecule has 2 rings (SSSR count). The van der Waals surface area contributed by atoms with Crippen molar-refractivity contribution in [2.75, 3.05) is 11.9 Å². The quantitative estimate of drug-likeness (QED) is 0.391. The number of amides is 2. The van der Waals surface area contributed by atoms with Crippen molar-refractivity contribution in [1.82, 2.24) is 0 Å². The van der Waals surface area contributed by atoms with Crippen molar-refractivity contribution < 1.29 is 19.1 Å². The number of hydrogen-bond acceptors (Lipinski definition) is 6. The molecule has 1 heterocycles. The first-order valence-corrected chi connectivity index (χ1v) is 8.23. The van der Waals surface area contributed by atoms with Gasteiger partial charge in [-0.15, -0.1) is 0 Å². The highest BCUT2D eigenvalue weighted by Crippen LogP contribution is 2.26. The van der Waals surface area contributed by atoms with Crippen LogP contribution in [0, 0.1) is 0 Å². The lowest BCUT2D eigenvalue weighted by Gasteiger charge is -2.08. The number of carbonyl (C=O) groups excluding carboxylic acids is 3. The Morgan fingerprint density at radius 1 is 1.32 bits per heavy atom. The minimum Gasteiger partial charge on any atom is -0.462 e. The van der Waals surface area contributed by atoms with Crippen LogP contribution in [0.2, 0.25) is 0 Å². The number of aliphatic imine (C=N–C) groups is 2. The van der Waals surface area contributed by atoms with Gasteiger partial charge in [0, 0.05) is 12.1 Å². The van der Waals surface area contributed by atoms with Gasteiger partial charge in [0.2, 0.25) is 5.91 Å². The van der Waals surface area contributed by atoms with E-state index in [1.165, 1.54) is 0 Å². The predicted octanol–water partition coefficient (Wildman–Crippen LogP) is 0.463. The van der Waals surface area contributed by atoms with E-state index in [1.54, 1.807) is 31.2 Å². The van der Waals surface area contributed by atoms with Crippen molar-refractivity contribution in [3.63, 3.8) is 0 Å². The van der Waals surface area contributed by atoms with Gasteiger partial charge in [0.05, 0.1) is 12.2 Å². The van der Waals surface area contributed by atoms with Gasteiger partial charge in [0.25, 0.3) is 5.91 Å². The molecule has 0 unspecified atom stereocenters. The molecule has 0 aliphatic carbocycles. The number of amidine groups is 1. The molecule has 1 aliphatic rings. The van der Waals surface area contributed by atoms with E-state index in [9.17, 15) is 14.4 Å². The maximum atomic E-state index is 12.1. The largest absolute Gasteiger partial charge is 0.462 e. The third kappa shape index (κ3) is 5.31. The fraction of sp³-hybridized carbons (Fsp3) is 0.267. The van der Waals surface area contributed by atoms with Crippen molar-refractivity contribution in [2.45, 2.75) is 18.6 Å². The van der Waals surface area contributed by atoms with Crippen LogP contribution in [0.4, 0.5) is 5.69 Å². The number of benzene rings is 1. The molecule has 1 aliphatic heterocycles. The maximum Gasteiger partial charge on any atom is 0.338 e. The summed E-state index contributed by atoms with van der Waals surface area (Å²) in [6.07, 6.45) is -0.0733. The van der Waals surface area contributed by atoms with Crippen LogP contribution in [0.3, 0.4) is 0 Å². The minimum absolute atomic E-state index is 0.0733. The van der Waals surface area contributed by atoms with Gasteiger partial charge in [-0.2, -0.15) is 9.98 Å². The molecule has 0 spiro atoms. The minimum atomic E-state index is -0.670. The number of nitrogens with two attached hydrogens (primary N) is 2. The van der Waals surface area contributed by atoms with Gasteiger partial charge < -0.3 is 21.5 Å². The summed E-state index contributed by atoms with van der Waals surface area (Å²) in [6, 6.07) is 6.25. The zero-order valence-electron chi connectivity index (χ0n) is 13.4. The molecule has 0 fully saturated rings. The molecule has 10 heteroatoms. The first-order valence-electron chi connectivity index (χ1n) is 7.35. The molecule has 5 N–H and O–H groups in total. The van der Waals surface area contributed by atoms with E-state index < -0.39 is 17.1 Å². The van der Waals surface area contributed by atoms with E-state index in [-0.39, 0.29) is 30.1 Å². The van der Waals surface area contributed by atoms with E-state index in [0.717, 1.165) is 11.8 Å². The van der Waals surface area contributed by atoms with E-state index in [4.69, 9.17) is 16.2 Å². The molecule has 9 nitrogen and oxygen atoms in total. The number of thioether (sulfide) groups is 1. The van der Waals surface area contributed by atoms with Crippen LogP contribution in [0.1, 0.15) is 23.7 Å². The molecule has 2 amide bonds. The molecule has 0 aromatic heterocycles. The number of nitrogens with one attached hydrogen (secondary N) is 1. The van der Waals surface area contributed by atoms with Crippen molar-refractivity contribution in [2.24, 2.45) is 21.5 Å². The van der Waals surface area contributed by atoms with Crippen molar-refractivity contribution in [1.29, 1.82) is 0 Å². The van der Waals surface area contributed by atoms with Crippen LogP contribution < -0.4 is 16.8 Å². The Morgan fingerprint density at radius 3 is 2.60 bits per heavy atom. The number of guanidine groups is 1. The van der Waals surface area contributed by atoms with Crippen LogP contribution in [-0.4, -0.2) is 40.8 Å². The van der Waals surface area contributed by atoms with E-state index >= 15 is 0 Å². The average molecular weight is 363 g/mol. The third-order valence-electron chi connectivity index (χ3n) is 3.00. The number of anilines is 1. The summed E-state index contributed by atoms with van der Waals surface area (Å²) in [4.78, 5) is 42.7. The molecule has 25 heavy (non-hydrogen) atoms. The number of hydrogen-bond donors (Lipinski definition) is 3. The summed E-state index contributed by atoms with van der Waals surface area (Å²) in [5.41, 5.74) is 11.3. The predicted molar refractivity (Wildman–Crippen MR) is 95.3 cm³/mol. The van der Waals surface area contributed by atoms with Crippen LogP contribution in [0.25, 0.3) is 0 Å². The Bertz CT molecular complexity index is 741. The van der Waals surface area contributed by atoms with Crippen LogP contribution in [-0.2, 0) is 14.3 Å². The first-order chi connectivity index (χ1) is 11.9. The topological polar surface area (TPSA) is 149 Å². The van der Waals surface area contributed by atoms with E-state index in [1.807, 2.05) is 0 Å². The van der Waals surface area contributed by atoms with Crippen molar-refractivity contribution >= 4 is 46.4 Å². The molecular weight excluding hydrogens is 346 g/mol. The number of ether oxygens (including phenoxy) is 1. The summed E-state index contributed by atoms with van der Waals surface area (Å²) in [5.74, 6) is -1.46. The van der Waals surface area contributed by atoms with Gasteiger partial charge in [0.1, 0.15) is 5.25 Å². The first kappa shape index (κ1) is 18.5. The Hall–Kier alpha value is -2.88. The lowest BCUT2D eigenvalue weighted by atomic mass is 10.2. The van der Waals surface area contributed by atoms with E-state index in [0.29, 0.717) is 11.3 Å². The van der Waals surface area contributed by atoms with Gasteiger partial charge in [0.15, 0.2) is 11.1 Å². The summed E-state index contributed by atoms with van der Waals surface area (Å²) >= 11 is 1.03. The second kappa shape index (κ2) is 8.29. The van der Waals surface area contributed by atoms with Gasteiger partial charge in [-0.1, -0.05) is 11.8 Å². The Kier molecular flexibility index (Phi) is 6.12. The highest BCUT2D eigenvalue weighted by molar-refractivity contribution is 8.15. The number of nitrogens with zero attached hydrogens (tertiary/aromatic N) is 2. The number of esters is 1. The summed E-state index contributed by atoms with van der Waals surface area (Å²) in [6.45, 7) is 2.01. The van der Waals surface area contributed by atoms with Gasteiger partial charge in [-0.25, -0.2) is 4.79 Å². The third-order valence-corrected chi connectivity index (χ3v) is 4.05. The van der Waals surface area contributed by atoms with Crippen molar-refractivity contribution in [3.05, 3.63) is 29.8 Å². The standard InChI is InChI=1S/C15H17N5O4S/c1-2-24-13(23)8-3-5-9(6-4-8)18-11(21)7-10-12(22)19-15(25-10)20-14(16)17/h3-6,10H,2,7H2,1H3,(H,18,21)(H4,16,17,19,20,22)/t10-/m0/s1. The zero-order valence-corrected chi connectivity index (χ0v) is 14.2. The molecule has 0 bridgehead atoms. The monoisotopic (exact) mass is 363 g/mol. The van der Waals surface area contributed by atoms with Gasteiger partial charge in [-0.05, 0) is 31.2 Å². The van der Waals surface area contributed by atoms with E-state index in [2.05, 4.69) is 15.3 Å². The number of carbonyl (C=O) groups is 3. The Labute approximate surface area is 147 Å². The molecular formula is C15H17N5O4S. The Balaban J connectivity index is 1.90. The maximum absolute atomic E-state index is 12.1. The van der Waals surface area contributed by atoms with Crippen LogP contribution in [0.5, 0.6) is 0 Å². The normalized spacial score (nSPS) is 16.1. The molecule has 0 saturated carbocycles. The molecule has 1 aromatic rings. The fourth-order valence-electron chi connectivity index (χ4n) is 1.95. The highest BCUT2D eigenvalue weighted by Gasteiger charge is 2.30. The second-order valence-corrected chi connectivity index (χ2v) is 6.10. The fourth-order valence-corrected chi connectivity index (χ4v) is 2.89. The second-order valence-electron chi connectivity index (χ2n) is 4.93. The Morgan fingerprint density at radius 2 is 2.00 bits per heavy atom. The van der Waals surface area contributed by atoms with Crippen molar-refractivity contribution in [3.8, 4) is 0 Å². The zero-order chi connectivity index (χ0) is 18.4. The molecule has 0 radical (unpaired) electrons. The lowest BCUT2D eigenvalue weighted by Crippen LogP contribution is -2.23.